The topological polar surface area (TPSA) is 45.3 Å². The summed E-state index contributed by atoms with van der Waals surface area (Å²) in [5, 5.41) is 1.31. The Hall–Kier alpha value is -2.07. The number of piperidine rings is 1. The van der Waals surface area contributed by atoms with Gasteiger partial charge in [0.15, 0.2) is 0 Å². The Labute approximate surface area is 148 Å². The number of para-hydroxylation sites is 1. The lowest BCUT2D eigenvalue weighted by Crippen LogP contribution is -2.50. The molecule has 5 rings (SSSR count). The van der Waals surface area contributed by atoms with Gasteiger partial charge in [-0.25, -0.2) is 0 Å². The first-order chi connectivity index (χ1) is 12.3. The number of fused-ring (bicyclic) bond motifs is 4. The van der Waals surface area contributed by atoms with Crippen LogP contribution in [0.15, 0.2) is 42.6 Å². The Kier molecular flexibility index (Phi) is 4.62. The van der Waals surface area contributed by atoms with E-state index in [0.717, 1.165) is 32.4 Å². The average Bonchev–Trinajstić information content (AvgIpc) is 2.79. The first-order valence-electron chi connectivity index (χ1n) is 9.38. The first-order valence-corrected chi connectivity index (χ1v) is 9.38. The van der Waals surface area contributed by atoms with Gasteiger partial charge < -0.3 is 9.72 Å². The number of ether oxygens (including phenoxy) is 1. The van der Waals surface area contributed by atoms with Crippen molar-refractivity contribution in [2.75, 3.05) is 19.7 Å². The number of carbonyl (C=O) groups is 1. The third-order valence-corrected chi connectivity index (χ3v) is 5.68. The largest absolute Gasteiger partial charge is 0.466 e. The van der Waals surface area contributed by atoms with Crippen LogP contribution in [-0.2, 0) is 16.0 Å². The summed E-state index contributed by atoms with van der Waals surface area (Å²) in [5.41, 5.74) is 2.55. The van der Waals surface area contributed by atoms with Gasteiger partial charge in [-0.1, -0.05) is 30.4 Å². The number of carbonyl (C=O) groups excluding carboxylic acids is 1. The number of benzene rings is 1. The van der Waals surface area contributed by atoms with E-state index in [9.17, 15) is 4.79 Å². The number of aromatic amines is 1. The Bertz CT molecular complexity index is 779. The van der Waals surface area contributed by atoms with Crippen LogP contribution in [0.1, 0.15) is 25.3 Å². The molecule has 2 bridgehead atoms. The molecule has 3 unspecified atom stereocenters. The number of hydrogen-bond donors (Lipinski definition) is 1. The highest BCUT2D eigenvalue weighted by atomic mass is 16.5. The SMILES string of the molecule is CCOC(=O)C1CC2C=CCC1N(CCc1c[nH]c3ccccc13)C2. The highest BCUT2D eigenvalue weighted by molar-refractivity contribution is 5.83. The van der Waals surface area contributed by atoms with Crippen LogP contribution in [0.3, 0.4) is 0 Å². The number of hydrogen-bond acceptors (Lipinski definition) is 3. The fraction of sp³-hybridized carbons (Fsp3) is 0.476. The van der Waals surface area contributed by atoms with Crippen LogP contribution in [0.4, 0.5) is 0 Å². The maximum Gasteiger partial charge on any atom is 0.310 e. The first kappa shape index (κ1) is 16.4. The van der Waals surface area contributed by atoms with Crippen molar-refractivity contribution in [2.24, 2.45) is 11.8 Å². The molecular weight excluding hydrogens is 312 g/mol. The molecule has 0 radical (unpaired) electrons. The van der Waals surface area contributed by atoms with Crippen LogP contribution in [-0.4, -0.2) is 41.6 Å². The van der Waals surface area contributed by atoms with E-state index >= 15 is 0 Å². The molecule has 3 aliphatic rings. The van der Waals surface area contributed by atoms with E-state index in [4.69, 9.17) is 4.74 Å². The van der Waals surface area contributed by atoms with Gasteiger partial charge in [0.25, 0.3) is 0 Å². The quantitative estimate of drug-likeness (QED) is 0.670. The van der Waals surface area contributed by atoms with Crippen molar-refractivity contribution in [3.63, 3.8) is 0 Å². The summed E-state index contributed by atoms with van der Waals surface area (Å²) in [4.78, 5) is 18.3. The lowest BCUT2D eigenvalue weighted by molar-refractivity contribution is -0.153. The summed E-state index contributed by atoms with van der Waals surface area (Å²) in [6, 6.07) is 8.73. The highest BCUT2D eigenvalue weighted by Crippen LogP contribution is 2.35. The lowest BCUT2D eigenvalue weighted by atomic mass is 9.84. The van der Waals surface area contributed by atoms with Crippen molar-refractivity contribution < 1.29 is 9.53 Å². The van der Waals surface area contributed by atoms with Gasteiger partial charge in [0.1, 0.15) is 0 Å². The molecule has 0 spiro atoms. The minimum atomic E-state index is -0.0157. The number of rotatable bonds is 5. The fourth-order valence-electron chi connectivity index (χ4n) is 4.47. The van der Waals surface area contributed by atoms with Crippen molar-refractivity contribution in [1.29, 1.82) is 0 Å². The second kappa shape index (κ2) is 7.04. The molecule has 3 atom stereocenters. The van der Waals surface area contributed by atoms with Crippen LogP contribution >= 0.6 is 0 Å². The van der Waals surface area contributed by atoms with Gasteiger partial charge in [-0.3, -0.25) is 9.69 Å². The van der Waals surface area contributed by atoms with Crippen LogP contribution in [0.5, 0.6) is 0 Å². The van der Waals surface area contributed by atoms with Crippen molar-refractivity contribution in [2.45, 2.75) is 32.2 Å². The van der Waals surface area contributed by atoms with Gasteiger partial charge in [0.2, 0.25) is 0 Å². The van der Waals surface area contributed by atoms with Crippen LogP contribution < -0.4 is 0 Å². The molecule has 1 fully saturated rings. The van der Waals surface area contributed by atoms with Gasteiger partial charge in [-0.05, 0) is 43.7 Å². The highest BCUT2D eigenvalue weighted by Gasteiger charge is 2.40. The molecule has 132 valence electrons. The molecule has 1 aromatic carbocycles. The molecule has 3 heterocycles. The smallest absolute Gasteiger partial charge is 0.310 e. The van der Waals surface area contributed by atoms with Crippen LogP contribution in [0, 0.1) is 11.8 Å². The maximum absolute atomic E-state index is 12.4. The molecule has 4 nitrogen and oxygen atoms in total. The van der Waals surface area contributed by atoms with E-state index in [1.54, 1.807) is 0 Å². The molecule has 1 aromatic heterocycles. The Morgan fingerprint density at radius 2 is 2.24 bits per heavy atom. The number of nitrogens with zero attached hydrogens (tertiary/aromatic N) is 1. The van der Waals surface area contributed by atoms with E-state index in [-0.39, 0.29) is 17.9 Å². The Balaban J connectivity index is 1.49. The summed E-state index contributed by atoms with van der Waals surface area (Å²) < 4.78 is 5.35. The Morgan fingerprint density at radius 3 is 3.12 bits per heavy atom. The van der Waals surface area contributed by atoms with Crippen LogP contribution in [0.2, 0.25) is 0 Å². The number of nitrogens with one attached hydrogen (secondary N) is 1. The van der Waals surface area contributed by atoms with E-state index in [1.807, 2.05) is 6.92 Å². The fourth-order valence-corrected chi connectivity index (χ4v) is 4.47. The summed E-state index contributed by atoms with van der Waals surface area (Å²) in [6.07, 6.45) is 9.58. The second-order valence-electron chi connectivity index (χ2n) is 7.19. The molecule has 25 heavy (non-hydrogen) atoms. The summed E-state index contributed by atoms with van der Waals surface area (Å²) >= 11 is 0. The molecule has 1 saturated heterocycles. The van der Waals surface area contributed by atoms with E-state index < -0.39 is 0 Å². The zero-order valence-corrected chi connectivity index (χ0v) is 14.8. The zero-order chi connectivity index (χ0) is 17.2. The minimum absolute atomic E-state index is 0.0108. The number of H-pyrrole nitrogens is 1. The summed E-state index contributed by atoms with van der Waals surface area (Å²) in [5.74, 6) is 0.464. The average molecular weight is 338 g/mol. The summed E-state index contributed by atoms with van der Waals surface area (Å²) in [6.45, 7) is 4.40. The Morgan fingerprint density at radius 1 is 1.36 bits per heavy atom. The van der Waals surface area contributed by atoms with Crippen molar-refractivity contribution >= 4 is 16.9 Å². The molecule has 1 aliphatic carbocycles. The summed E-state index contributed by atoms with van der Waals surface area (Å²) in [7, 11) is 0. The van der Waals surface area contributed by atoms with Gasteiger partial charge in [0.05, 0.1) is 12.5 Å². The monoisotopic (exact) mass is 338 g/mol. The van der Waals surface area contributed by atoms with Gasteiger partial charge >= 0.3 is 5.97 Å². The number of aromatic nitrogens is 1. The molecule has 4 heteroatoms. The number of esters is 1. The van der Waals surface area contributed by atoms with Gasteiger partial charge in [-0.2, -0.15) is 0 Å². The van der Waals surface area contributed by atoms with Crippen molar-refractivity contribution in [3.8, 4) is 0 Å². The molecular formula is C21H26N2O2. The van der Waals surface area contributed by atoms with E-state index in [2.05, 4.69) is 52.5 Å². The zero-order valence-electron chi connectivity index (χ0n) is 14.8. The normalized spacial score (nSPS) is 26.0. The second-order valence-corrected chi connectivity index (χ2v) is 7.19. The standard InChI is InChI=1S/C21H26N2O2/c1-2-25-21(24)18-12-15-6-5-9-20(18)23(14-15)11-10-16-13-22-19-8-4-3-7-17(16)19/h3-8,13,15,18,20,22H,2,9-12,14H2,1H3. The van der Waals surface area contributed by atoms with E-state index in [0.29, 0.717) is 12.5 Å². The molecule has 0 saturated carbocycles. The molecule has 0 amide bonds. The third-order valence-electron chi connectivity index (χ3n) is 5.68. The lowest BCUT2D eigenvalue weighted by Gasteiger charge is -2.41. The predicted octanol–water partition coefficient (Wildman–Crippen LogP) is 3.54. The molecule has 1 N–H and O–H groups in total. The van der Waals surface area contributed by atoms with Crippen LogP contribution in [0.25, 0.3) is 10.9 Å². The minimum Gasteiger partial charge on any atom is -0.466 e. The van der Waals surface area contributed by atoms with E-state index in [1.165, 1.54) is 16.5 Å². The van der Waals surface area contributed by atoms with Crippen molar-refractivity contribution in [3.05, 3.63) is 48.2 Å². The third kappa shape index (κ3) is 3.23. The maximum atomic E-state index is 12.4. The van der Waals surface area contributed by atoms with Gasteiger partial charge in [-0.15, -0.1) is 0 Å². The van der Waals surface area contributed by atoms with Crippen molar-refractivity contribution in [1.82, 2.24) is 9.88 Å². The molecule has 2 aliphatic heterocycles. The van der Waals surface area contributed by atoms with Gasteiger partial charge in [0, 0.05) is 36.2 Å². The predicted molar refractivity (Wildman–Crippen MR) is 99.4 cm³/mol. The molecule has 2 aromatic rings.